The van der Waals surface area contributed by atoms with Crippen molar-refractivity contribution in [2.45, 2.75) is 33.2 Å². The van der Waals surface area contributed by atoms with Gasteiger partial charge in [-0.1, -0.05) is 19.1 Å². The fourth-order valence-electron chi connectivity index (χ4n) is 1.40. The SMILES string of the molecule is CCC(C)NC(=O)Nc1cccc(C=O)c1C. The highest BCUT2D eigenvalue weighted by Gasteiger charge is 2.08. The second-order valence-corrected chi connectivity index (χ2v) is 4.05. The zero-order chi connectivity index (χ0) is 12.8. The second-order valence-electron chi connectivity index (χ2n) is 4.05. The molecule has 17 heavy (non-hydrogen) atoms. The fraction of sp³-hybridized carbons (Fsp3) is 0.385. The van der Waals surface area contributed by atoms with Crippen molar-refractivity contribution in [3.8, 4) is 0 Å². The van der Waals surface area contributed by atoms with Gasteiger partial charge in [-0.3, -0.25) is 4.79 Å². The highest BCUT2D eigenvalue weighted by molar-refractivity contribution is 5.92. The predicted molar refractivity (Wildman–Crippen MR) is 68.5 cm³/mol. The van der Waals surface area contributed by atoms with Gasteiger partial charge in [-0.25, -0.2) is 4.79 Å². The average molecular weight is 234 g/mol. The van der Waals surface area contributed by atoms with E-state index in [1.165, 1.54) is 0 Å². The number of aldehydes is 1. The summed E-state index contributed by atoms with van der Waals surface area (Å²) in [6.07, 6.45) is 1.66. The first-order chi connectivity index (χ1) is 8.08. The Labute approximate surface area is 101 Å². The third-order valence-electron chi connectivity index (χ3n) is 2.74. The van der Waals surface area contributed by atoms with Crippen molar-refractivity contribution in [2.24, 2.45) is 0 Å². The monoisotopic (exact) mass is 234 g/mol. The summed E-state index contributed by atoms with van der Waals surface area (Å²) in [5, 5.41) is 5.55. The Morgan fingerprint density at radius 2 is 2.18 bits per heavy atom. The number of carbonyl (C=O) groups is 2. The number of anilines is 1. The maximum Gasteiger partial charge on any atom is 0.319 e. The maximum absolute atomic E-state index is 11.6. The molecular formula is C13H18N2O2. The van der Waals surface area contributed by atoms with Gasteiger partial charge in [0, 0.05) is 17.3 Å². The van der Waals surface area contributed by atoms with Crippen LogP contribution in [0.5, 0.6) is 0 Å². The average Bonchev–Trinajstić information content (AvgIpc) is 2.31. The molecule has 0 aliphatic rings. The number of nitrogens with one attached hydrogen (secondary N) is 2. The van der Waals surface area contributed by atoms with Crippen molar-refractivity contribution in [3.05, 3.63) is 29.3 Å². The Hall–Kier alpha value is -1.84. The molecule has 0 fully saturated rings. The number of carbonyl (C=O) groups excluding carboxylic acids is 2. The lowest BCUT2D eigenvalue weighted by Gasteiger charge is -2.14. The van der Waals surface area contributed by atoms with Gasteiger partial charge in [0.05, 0.1) is 0 Å². The highest BCUT2D eigenvalue weighted by atomic mass is 16.2. The molecule has 92 valence electrons. The lowest BCUT2D eigenvalue weighted by Crippen LogP contribution is -2.35. The Morgan fingerprint density at radius 3 is 2.76 bits per heavy atom. The second kappa shape index (κ2) is 6.03. The fourth-order valence-corrected chi connectivity index (χ4v) is 1.40. The Kier molecular flexibility index (Phi) is 4.69. The maximum atomic E-state index is 11.6. The quantitative estimate of drug-likeness (QED) is 0.787. The first kappa shape index (κ1) is 13.2. The summed E-state index contributed by atoms with van der Waals surface area (Å²) in [4.78, 5) is 22.4. The van der Waals surface area contributed by atoms with Gasteiger partial charge in [-0.2, -0.15) is 0 Å². The van der Waals surface area contributed by atoms with Crippen LogP contribution in [0.4, 0.5) is 10.5 Å². The summed E-state index contributed by atoms with van der Waals surface area (Å²) in [6.45, 7) is 5.75. The minimum absolute atomic E-state index is 0.129. The van der Waals surface area contributed by atoms with E-state index in [-0.39, 0.29) is 12.1 Å². The first-order valence-corrected chi connectivity index (χ1v) is 5.70. The van der Waals surface area contributed by atoms with Crippen LogP contribution in [0.25, 0.3) is 0 Å². The normalized spacial score (nSPS) is 11.7. The van der Waals surface area contributed by atoms with Crippen molar-refractivity contribution in [2.75, 3.05) is 5.32 Å². The molecule has 1 aromatic carbocycles. The Balaban J connectivity index is 2.75. The molecular weight excluding hydrogens is 216 g/mol. The van der Waals surface area contributed by atoms with E-state index in [1.807, 2.05) is 20.8 Å². The molecule has 1 unspecified atom stereocenters. The molecule has 0 heterocycles. The van der Waals surface area contributed by atoms with Crippen molar-refractivity contribution in [3.63, 3.8) is 0 Å². The predicted octanol–water partition coefficient (Wildman–Crippen LogP) is 2.73. The van der Waals surface area contributed by atoms with E-state index in [0.717, 1.165) is 18.3 Å². The van der Waals surface area contributed by atoms with E-state index in [2.05, 4.69) is 10.6 Å². The molecule has 0 aliphatic carbocycles. The molecule has 4 heteroatoms. The standard InChI is InChI=1S/C13H18N2O2/c1-4-9(2)14-13(17)15-12-7-5-6-11(8-16)10(12)3/h5-9H,4H2,1-3H3,(H2,14,15,17). The van der Waals surface area contributed by atoms with E-state index >= 15 is 0 Å². The summed E-state index contributed by atoms with van der Waals surface area (Å²) in [5.41, 5.74) is 2.03. The van der Waals surface area contributed by atoms with E-state index in [4.69, 9.17) is 0 Å². The zero-order valence-corrected chi connectivity index (χ0v) is 10.4. The molecule has 2 amide bonds. The Morgan fingerprint density at radius 1 is 1.47 bits per heavy atom. The third kappa shape index (κ3) is 3.59. The summed E-state index contributed by atoms with van der Waals surface area (Å²) in [6, 6.07) is 5.13. The third-order valence-corrected chi connectivity index (χ3v) is 2.74. The molecule has 1 rings (SSSR count). The molecule has 0 aromatic heterocycles. The molecule has 0 bridgehead atoms. The van der Waals surface area contributed by atoms with Crippen LogP contribution >= 0.6 is 0 Å². The van der Waals surface area contributed by atoms with Gasteiger partial charge in [0.15, 0.2) is 0 Å². The van der Waals surface area contributed by atoms with Crippen LogP contribution in [-0.2, 0) is 0 Å². The van der Waals surface area contributed by atoms with Gasteiger partial charge in [0.1, 0.15) is 6.29 Å². The number of amides is 2. The molecule has 0 saturated heterocycles. The van der Waals surface area contributed by atoms with Crippen LogP contribution in [0.2, 0.25) is 0 Å². The number of benzene rings is 1. The highest BCUT2D eigenvalue weighted by Crippen LogP contribution is 2.17. The molecule has 0 spiro atoms. The summed E-state index contributed by atoms with van der Waals surface area (Å²) >= 11 is 0. The van der Waals surface area contributed by atoms with E-state index in [9.17, 15) is 9.59 Å². The van der Waals surface area contributed by atoms with Crippen molar-refractivity contribution < 1.29 is 9.59 Å². The van der Waals surface area contributed by atoms with Crippen molar-refractivity contribution >= 4 is 18.0 Å². The lowest BCUT2D eigenvalue weighted by atomic mass is 10.1. The summed E-state index contributed by atoms with van der Waals surface area (Å²) in [5.74, 6) is 0. The van der Waals surface area contributed by atoms with E-state index < -0.39 is 0 Å². The van der Waals surface area contributed by atoms with Gasteiger partial charge in [-0.05, 0) is 31.9 Å². The van der Waals surface area contributed by atoms with E-state index in [1.54, 1.807) is 18.2 Å². The summed E-state index contributed by atoms with van der Waals surface area (Å²) in [7, 11) is 0. The molecule has 2 N–H and O–H groups in total. The van der Waals surface area contributed by atoms with Gasteiger partial charge < -0.3 is 10.6 Å². The van der Waals surface area contributed by atoms with Crippen molar-refractivity contribution in [1.29, 1.82) is 0 Å². The van der Waals surface area contributed by atoms with Crippen LogP contribution in [0.15, 0.2) is 18.2 Å². The first-order valence-electron chi connectivity index (χ1n) is 5.70. The van der Waals surface area contributed by atoms with Crippen molar-refractivity contribution in [1.82, 2.24) is 5.32 Å². The van der Waals surface area contributed by atoms with Crippen LogP contribution in [-0.4, -0.2) is 18.4 Å². The zero-order valence-electron chi connectivity index (χ0n) is 10.4. The number of rotatable bonds is 4. The van der Waals surface area contributed by atoms with E-state index in [0.29, 0.717) is 11.3 Å². The number of hydrogen-bond acceptors (Lipinski definition) is 2. The topological polar surface area (TPSA) is 58.2 Å². The molecule has 0 saturated carbocycles. The molecule has 0 aliphatic heterocycles. The number of hydrogen-bond donors (Lipinski definition) is 2. The van der Waals surface area contributed by atoms with Gasteiger partial charge in [0.2, 0.25) is 0 Å². The van der Waals surface area contributed by atoms with Crippen LogP contribution in [0.3, 0.4) is 0 Å². The van der Waals surface area contributed by atoms with Crippen LogP contribution < -0.4 is 10.6 Å². The minimum Gasteiger partial charge on any atom is -0.335 e. The Bertz CT molecular complexity index is 416. The summed E-state index contributed by atoms with van der Waals surface area (Å²) < 4.78 is 0. The molecule has 1 aromatic rings. The largest absolute Gasteiger partial charge is 0.335 e. The smallest absolute Gasteiger partial charge is 0.319 e. The van der Waals surface area contributed by atoms with Gasteiger partial charge in [0.25, 0.3) is 0 Å². The van der Waals surface area contributed by atoms with Gasteiger partial charge >= 0.3 is 6.03 Å². The molecule has 4 nitrogen and oxygen atoms in total. The molecule has 1 atom stereocenters. The molecule has 0 radical (unpaired) electrons. The van der Waals surface area contributed by atoms with Crippen LogP contribution in [0, 0.1) is 6.92 Å². The number of urea groups is 1. The minimum atomic E-state index is -0.245. The van der Waals surface area contributed by atoms with Gasteiger partial charge in [-0.15, -0.1) is 0 Å². The lowest BCUT2D eigenvalue weighted by molar-refractivity contribution is 0.112. The van der Waals surface area contributed by atoms with Crippen LogP contribution in [0.1, 0.15) is 36.2 Å².